The predicted molar refractivity (Wildman–Crippen MR) is 119 cm³/mol. The van der Waals surface area contributed by atoms with Gasteiger partial charge in [-0.1, -0.05) is 22.0 Å². The second kappa shape index (κ2) is 10.2. The van der Waals surface area contributed by atoms with Crippen molar-refractivity contribution in [3.63, 3.8) is 0 Å². The van der Waals surface area contributed by atoms with E-state index in [1.165, 1.54) is 13.4 Å². The molecule has 9 heteroatoms. The third-order valence-corrected chi connectivity index (χ3v) is 4.86. The fraction of sp³-hybridized carbons (Fsp3) is 0.286. The lowest BCUT2D eigenvalue weighted by molar-refractivity contribution is -0.141. The van der Waals surface area contributed by atoms with Crippen molar-refractivity contribution in [3.8, 4) is 11.5 Å². The zero-order valence-electron chi connectivity index (χ0n) is 17.0. The molecule has 3 rings (SSSR count). The topological polar surface area (TPSA) is 85.8 Å². The zero-order chi connectivity index (χ0) is 21.5. The van der Waals surface area contributed by atoms with Crippen molar-refractivity contribution in [2.24, 2.45) is 0 Å². The maximum atomic E-state index is 11.3. The maximum absolute atomic E-state index is 11.3. The number of benzene rings is 2. The molecule has 1 aromatic heterocycles. The summed E-state index contributed by atoms with van der Waals surface area (Å²) >= 11 is 3.47. The van der Waals surface area contributed by atoms with E-state index < -0.39 is 0 Å². The third-order valence-electron chi connectivity index (χ3n) is 4.37. The molecule has 1 N–H and O–H groups in total. The van der Waals surface area contributed by atoms with Gasteiger partial charge in [0.15, 0.2) is 11.5 Å². The fourth-order valence-electron chi connectivity index (χ4n) is 2.81. The van der Waals surface area contributed by atoms with Gasteiger partial charge in [-0.3, -0.25) is 9.69 Å². The number of esters is 1. The molecule has 8 nitrogen and oxygen atoms in total. The number of hydrogen-bond acceptors (Lipinski definition) is 8. The van der Waals surface area contributed by atoms with Crippen molar-refractivity contribution in [1.29, 1.82) is 0 Å². The number of carbonyl (C=O) groups is 1. The highest BCUT2D eigenvalue weighted by Crippen LogP contribution is 2.34. The van der Waals surface area contributed by atoms with Crippen LogP contribution in [0.1, 0.15) is 0 Å². The van der Waals surface area contributed by atoms with E-state index in [4.69, 9.17) is 9.47 Å². The van der Waals surface area contributed by atoms with Crippen molar-refractivity contribution >= 4 is 44.3 Å². The normalized spacial score (nSPS) is 10.8. The average Bonchev–Trinajstić information content (AvgIpc) is 2.73. The van der Waals surface area contributed by atoms with Crippen LogP contribution in [0.5, 0.6) is 11.5 Å². The summed E-state index contributed by atoms with van der Waals surface area (Å²) in [5.74, 6) is 1.53. The third kappa shape index (κ3) is 5.58. The molecular formula is C21H23BrN4O4. The van der Waals surface area contributed by atoms with Gasteiger partial charge in [-0.05, 0) is 31.3 Å². The Kier molecular flexibility index (Phi) is 7.42. The number of rotatable bonds is 9. The van der Waals surface area contributed by atoms with Crippen molar-refractivity contribution in [2.45, 2.75) is 0 Å². The Labute approximate surface area is 183 Å². The molecule has 30 heavy (non-hydrogen) atoms. The Morgan fingerprint density at radius 1 is 1.17 bits per heavy atom. The number of hydrogen-bond donors (Lipinski definition) is 1. The van der Waals surface area contributed by atoms with E-state index in [2.05, 4.69) is 36.0 Å². The van der Waals surface area contributed by atoms with Gasteiger partial charge >= 0.3 is 5.97 Å². The van der Waals surface area contributed by atoms with Crippen LogP contribution < -0.4 is 14.8 Å². The number of likely N-dealkylation sites (N-methyl/N-ethyl adjacent to an activating group) is 1. The first-order valence-corrected chi connectivity index (χ1v) is 10.0. The van der Waals surface area contributed by atoms with Crippen molar-refractivity contribution < 1.29 is 19.0 Å². The number of carbonyl (C=O) groups excluding carboxylic acids is 1. The summed E-state index contributed by atoms with van der Waals surface area (Å²) in [6.07, 6.45) is 1.50. The molecule has 0 saturated heterocycles. The van der Waals surface area contributed by atoms with Gasteiger partial charge in [-0.15, -0.1) is 0 Å². The summed E-state index contributed by atoms with van der Waals surface area (Å²) < 4.78 is 17.0. The number of methoxy groups -OCH3 is 2. The molecule has 0 saturated carbocycles. The minimum Gasteiger partial charge on any atom is -0.493 e. The molecule has 0 aliphatic carbocycles. The molecule has 0 aliphatic rings. The van der Waals surface area contributed by atoms with E-state index in [1.54, 1.807) is 7.11 Å². The first kappa shape index (κ1) is 21.8. The van der Waals surface area contributed by atoms with Gasteiger partial charge in [0, 0.05) is 28.2 Å². The predicted octanol–water partition coefficient (Wildman–Crippen LogP) is 3.63. The molecule has 0 amide bonds. The molecule has 2 aromatic carbocycles. The van der Waals surface area contributed by atoms with Gasteiger partial charge in [-0.25, -0.2) is 9.97 Å². The molecule has 0 unspecified atom stereocenters. The summed E-state index contributed by atoms with van der Waals surface area (Å²) in [5, 5.41) is 4.12. The van der Waals surface area contributed by atoms with Crippen molar-refractivity contribution in [3.05, 3.63) is 47.2 Å². The van der Waals surface area contributed by atoms with Gasteiger partial charge in [-0.2, -0.15) is 0 Å². The lowest BCUT2D eigenvalue weighted by Gasteiger charge is -2.17. The second-order valence-corrected chi connectivity index (χ2v) is 7.46. The maximum Gasteiger partial charge on any atom is 0.319 e. The SMILES string of the molecule is COC(=O)CN(C)CCOc1cc2ncnc(Nc3cccc(Br)c3)c2cc1OC. The highest BCUT2D eigenvalue weighted by molar-refractivity contribution is 9.10. The van der Waals surface area contributed by atoms with Crippen LogP contribution in [-0.4, -0.2) is 61.8 Å². The number of halogens is 1. The second-order valence-electron chi connectivity index (χ2n) is 6.54. The monoisotopic (exact) mass is 474 g/mol. The Bertz CT molecular complexity index is 1030. The first-order chi connectivity index (χ1) is 14.5. The molecule has 0 atom stereocenters. The zero-order valence-corrected chi connectivity index (χ0v) is 18.6. The Morgan fingerprint density at radius 2 is 2.00 bits per heavy atom. The minimum atomic E-state index is -0.289. The summed E-state index contributed by atoms with van der Waals surface area (Å²) in [7, 11) is 4.78. The highest BCUT2D eigenvalue weighted by atomic mass is 79.9. The van der Waals surface area contributed by atoms with Gasteiger partial charge in [0.25, 0.3) is 0 Å². The van der Waals surface area contributed by atoms with Gasteiger partial charge in [0.2, 0.25) is 0 Å². The molecule has 1 heterocycles. The summed E-state index contributed by atoms with van der Waals surface area (Å²) in [6.45, 7) is 1.13. The number of ether oxygens (including phenoxy) is 3. The Hall–Kier alpha value is -2.91. The summed E-state index contributed by atoms with van der Waals surface area (Å²) in [6, 6.07) is 11.5. The lowest BCUT2D eigenvalue weighted by Crippen LogP contribution is -2.30. The van der Waals surface area contributed by atoms with Crippen LogP contribution in [0.2, 0.25) is 0 Å². The summed E-state index contributed by atoms with van der Waals surface area (Å²) in [4.78, 5) is 21.9. The summed E-state index contributed by atoms with van der Waals surface area (Å²) in [5.41, 5.74) is 1.62. The molecule has 0 aliphatic heterocycles. The lowest BCUT2D eigenvalue weighted by atomic mass is 10.2. The molecular weight excluding hydrogens is 452 g/mol. The van der Waals surface area contributed by atoms with E-state index in [0.717, 1.165) is 21.1 Å². The van der Waals surface area contributed by atoms with Gasteiger partial charge in [0.05, 0.1) is 26.3 Å². The van der Waals surface area contributed by atoms with E-state index in [1.807, 2.05) is 48.3 Å². The molecule has 158 valence electrons. The largest absolute Gasteiger partial charge is 0.493 e. The Balaban J connectivity index is 1.78. The van der Waals surface area contributed by atoms with Gasteiger partial charge in [0.1, 0.15) is 18.8 Å². The number of nitrogens with one attached hydrogen (secondary N) is 1. The van der Waals surface area contributed by atoms with Crippen LogP contribution >= 0.6 is 15.9 Å². The smallest absolute Gasteiger partial charge is 0.319 e. The van der Waals surface area contributed by atoms with E-state index in [0.29, 0.717) is 30.5 Å². The quantitative estimate of drug-likeness (QED) is 0.470. The van der Waals surface area contributed by atoms with E-state index in [9.17, 15) is 4.79 Å². The highest BCUT2D eigenvalue weighted by Gasteiger charge is 2.13. The first-order valence-electron chi connectivity index (χ1n) is 9.23. The van der Waals surface area contributed by atoms with Crippen molar-refractivity contribution in [1.82, 2.24) is 14.9 Å². The van der Waals surface area contributed by atoms with Crippen LogP contribution in [0, 0.1) is 0 Å². The number of fused-ring (bicyclic) bond motifs is 1. The molecule has 3 aromatic rings. The van der Waals surface area contributed by atoms with Crippen LogP contribution in [0.3, 0.4) is 0 Å². The van der Waals surface area contributed by atoms with E-state index >= 15 is 0 Å². The molecule has 0 fully saturated rings. The molecule has 0 radical (unpaired) electrons. The molecule has 0 bridgehead atoms. The van der Waals surface area contributed by atoms with Crippen LogP contribution in [0.25, 0.3) is 10.9 Å². The number of nitrogens with zero attached hydrogens (tertiary/aromatic N) is 3. The van der Waals surface area contributed by atoms with Crippen LogP contribution in [-0.2, 0) is 9.53 Å². The Morgan fingerprint density at radius 3 is 2.73 bits per heavy atom. The minimum absolute atomic E-state index is 0.201. The number of anilines is 2. The van der Waals surface area contributed by atoms with E-state index in [-0.39, 0.29) is 12.5 Å². The standard InChI is InChI=1S/C21H23BrN4O4/c1-26(12-20(27)29-3)7-8-30-19-11-17-16(10-18(19)28-2)21(24-13-23-17)25-15-6-4-5-14(22)9-15/h4-6,9-11,13H,7-8,12H2,1-3H3,(H,23,24,25). The van der Waals surface area contributed by atoms with Crippen molar-refractivity contribution in [2.75, 3.05) is 46.3 Å². The average molecular weight is 475 g/mol. The van der Waals surface area contributed by atoms with Gasteiger partial charge < -0.3 is 19.5 Å². The van der Waals surface area contributed by atoms with Crippen LogP contribution in [0.4, 0.5) is 11.5 Å². The van der Waals surface area contributed by atoms with Crippen LogP contribution in [0.15, 0.2) is 47.2 Å². The fourth-order valence-corrected chi connectivity index (χ4v) is 3.21. The molecule has 0 spiro atoms. The number of aromatic nitrogens is 2.